The Kier molecular flexibility index (Phi) is 5.54. The van der Waals surface area contributed by atoms with Crippen LogP contribution in [0.25, 0.3) is 0 Å². The van der Waals surface area contributed by atoms with Gasteiger partial charge in [-0.1, -0.05) is 13.8 Å². The second-order valence-electron chi connectivity index (χ2n) is 5.96. The predicted octanol–water partition coefficient (Wildman–Crippen LogP) is 1.61. The fraction of sp³-hybridized carbons (Fsp3) is 0.667. The molecule has 0 aliphatic carbocycles. The van der Waals surface area contributed by atoms with E-state index in [9.17, 15) is 4.79 Å². The standard InChI is InChI=1S/C15H24N4O3/c1-10(2)14-11(5-4-8-22-14)17-12-6-7-16-15(18-12)19(3)9-13(20)21/h6-7,10-11,14H,4-5,8-9H2,1-3H3,(H,20,21)(H,16,17,18). The summed E-state index contributed by atoms with van der Waals surface area (Å²) < 4.78 is 5.86. The van der Waals surface area contributed by atoms with Crippen LogP contribution in [0.15, 0.2) is 12.3 Å². The van der Waals surface area contributed by atoms with Gasteiger partial charge in [-0.25, -0.2) is 4.98 Å². The normalized spacial score (nSPS) is 21.6. The van der Waals surface area contributed by atoms with Crippen molar-refractivity contribution in [2.45, 2.75) is 38.8 Å². The van der Waals surface area contributed by atoms with Crippen LogP contribution in [0.5, 0.6) is 0 Å². The fourth-order valence-electron chi connectivity index (χ4n) is 2.69. The number of aromatic nitrogens is 2. The highest BCUT2D eigenvalue weighted by atomic mass is 16.5. The lowest BCUT2D eigenvalue weighted by Gasteiger charge is -2.35. The van der Waals surface area contributed by atoms with Crippen molar-refractivity contribution < 1.29 is 14.6 Å². The monoisotopic (exact) mass is 308 g/mol. The first-order valence-electron chi connectivity index (χ1n) is 7.61. The second kappa shape index (κ2) is 7.40. The van der Waals surface area contributed by atoms with E-state index in [-0.39, 0.29) is 18.7 Å². The Labute approximate surface area is 130 Å². The van der Waals surface area contributed by atoms with Gasteiger partial charge in [-0.05, 0) is 24.8 Å². The predicted molar refractivity (Wildman–Crippen MR) is 84.2 cm³/mol. The van der Waals surface area contributed by atoms with Gasteiger partial charge in [-0.3, -0.25) is 4.79 Å². The topological polar surface area (TPSA) is 87.6 Å². The van der Waals surface area contributed by atoms with Crippen LogP contribution >= 0.6 is 0 Å². The van der Waals surface area contributed by atoms with Crippen molar-refractivity contribution in [2.24, 2.45) is 5.92 Å². The molecule has 1 aromatic heterocycles. The zero-order valence-electron chi connectivity index (χ0n) is 13.3. The van der Waals surface area contributed by atoms with E-state index in [1.54, 1.807) is 19.3 Å². The van der Waals surface area contributed by atoms with Crippen molar-refractivity contribution >= 4 is 17.7 Å². The summed E-state index contributed by atoms with van der Waals surface area (Å²) in [5, 5.41) is 12.3. The van der Waals surface area contributed by atoms with E-state index in [0.717, 1.165) is 19.4 Å². The minimum absolute atomic E-state index is 0.134. The molecule has 7 heteroatoms. The van der Waals surface area contributed by atoms with E-state index in [0.29, 0.717) is 17.7 Å². The molecule has 1 saturated heterocycles. The van der Waals surface area contributed by atoms with Crippen LogP contribution in [0, 0.1) is 5.92 Å². The van der Waals surface area contributed by atoms with Crippen molar-refractivity contribution in [3.63, 3.8) is 0 Å². The van der Waals surface area contributed by atoms with Crippen LogP contribution in [0.1, 0.15) is 26.7 Å². The number of carboxylic acids is 1. The van der Waals surface area contributed by atoms with Gasteiger partial charge in [-0.2, -0.15) is 4.98 Å². The molecular formula is C15H24N4O3. The van der Waals surface area contributed by atoms with Crippen molar-refractivity contribution in [3.8, 4) is 0 Å². The summed E-state index contributed by atoms with van der Waals surface area (Å²) in [7, 11) is 1.66. The summed E-state index contributed by atoms with van der Waals surface area (Å²) in [4.78, 5) is 20.8. The smallest absolute Gasteiger partial charge is 0.323 e. The number of rotatable bonds is 6. The Morgan fingerprint density at radius 1 is 1.59 bits per heavy atom. The molecular weight excluding hydrogens is 284 g/mol. The minimum atomic E-state index is -0.912. The Hall–Kier alpha value is -1.89. The molecule has 1 fully saturated rings. The number of ether oxygens (including phenoxy) is 1. The molecule has 1 aliphatic rings. The molecule has 0 radical (unpaired) electrons. The van der Waals surface area contributed by atoms with Gasteiger partial charge in [-0.15, -0.1) is 0 Å². The molecule has 2 atom stereocenters. The zero-order chi connectivity index (χ0) is 16.1. The van der Waals surface area contributed by atoms with E-state index in [4.69, 9.17) is 9.84 Å². The van der Waals surface area contributed by atoms with Gasteiger partial charge >= 0.3 is 5.97 Å². The van der Waals surface area contributed by atoms with Crippen LogP contribution in [0.4, 0.5) is 11.8 Å². The third-order valence-corrected chi connectivity index (χ3v) is 3.71. The molecule has 2 heterocycles. The quantitative estimate of drug-likeness (QED) is 0.825. The first-order valence-corrected chi connectivity index (χ1v) is 7.61. The van der Waals surface area contributed by atoms with Gasteiger partial charge in [0.05, 0.1) is 12.1 Å². The van der Waals surface area contributed by atoms with Crippen molar-refractivity contribution in [3.05, 3.63) is 12.3 Å². The third-order valence-electron chi connectivity index (χ3n) is 3.71. The van der Waals surface area contributed by atoms with E-state index < -0.39 is 5.97 Å². The summed E-state index contributed by atoms with van der Waals surface area (Å²) in [6.45, 7) is 4.97. The minimum Gasteiger partial charge on any atom is -0.480 e. The number of carboxylic acid groups (broad SMARTS) is 1. The van der Waals surface area contributed by atoms with E-state index in [1.807, 2.05) is 0 Å². The van der Waals surface area contributed by atoms with Gasteiger partial charge in [0.25, 0.3) is 0 Å². The number of hydrogen-bond acceptors (Lipinski definition) is 6. The molecule has 0 spiro atoms. The number of hydrogen-bond donors (Lipinski definition) is 2. The molecule has 22 heavy (non-hydrogen) atoms. The number of anilines is 2. The molecule has 0 aromatic carbocycles. The largest absolute Gasteiger partial charge is 0.480 e. The van der Waals surface area contributed by atoms with Gasteiger partial charge in [0.2, 0.25) is 5.95 Å². The number of carbonyl (C=O) groups is 1. The summed E-state index contributed by atoms with van der Waals surface area (Å²) in [6, 6.07) is 2.01. The molecule has 1 aromatic rings. The maximum atomic E-state index is 10.8. The van der Waals surface area contributed by atoms with Crippen LogP contribution in [0.3, 0.4) is 0 Å². The molecule has 2 N–H and O–H groups in total. The first-order chi connectivity index (χ1) is 10.5. The highest BCUT2D eigenvalue weighted by molar-refractivity contribution is 5.72. The van der Waals surface area contributed by atoms with E-state index in [2.05, 4.69) is 29.1 Å². The summed E-state index contributed by atoms with van der Waals surface area (Å²) >= 11 is 0. The molecule has 1 aliphatic heterocycles. The number of likely N-dealkylation sites (N-methyl/N-ethyl adjacent to an activating group) is 1. The molecule has 122 valence electrons. The molecule has 0 amide bonds. The molecule has 2 rings (SSSR count). The van der Waals surface area contributed by atoms with Crippen LogP contribution in [-0.2, 0) is 9.53 Å². The van der Waals surface area contributed by atoms with Crippen molar-refractivity contribution in [1.29, 1.82) is 0 Å². The number of nitrogens with zero attached hydrogens (tertiary/aromatic N) is 3. The van der Waals surface area contributed by atoms with Crippen LogP contribution < -0.4 is 10.2 Å². The molecule has 7 nitrogen and oxygen atoms in total. The van der Waals surface area contributed by atoms with E-state index in [1.165, 1.54) is 4.90 Å². The maximum absolute atomic E-state index is 10.8. The number of nitrogens with one attached hydrogen (secondary N) is 1. The van der Waals surface area contributed by atoms with Crippen LogP contribution in [0.2, 0.25) is 0 Å². The average molecular weight is 308 g/mol. The molecule has 2 unspecified atom stereocenters. The van der Waals surface area contributed by atoms with Gasteiger partial charge in [0.15, 0.2) is 0 Å². The third kappa shape index (κ3) is 4.30. The van der Waals surface area contributed by atoms with Crippen molar-refractivity contribution in [2.75, 3.05) is 30.4 Å². The highest BCUT2D eigenvalue weighted by Gasteiger charge is 2.28. The van der Waals surface area contributed by atoms with Crippen LogP contribution in [-0.4, -0.2) is 53.4 Å². The number of aliphatic carboxylic acids is 1. The van der Waals surface area contributed by atoms with E-state index >= 15 is 0 Å². The molecule has 0 saturated carbocycles. The van der Waals surface area contributed by atoms with Crippen molar-refractivity contribution in [1.82, 2.24) is 9.97 Å². The maximum Gasteiger partial charge on any atom is 0.323 e. The Morgan fingerprint density at radius 3 is 3.05 bits per heavy atom. The Morgan fingerprint density at radius 2 is 2.36 bits per heavy atom. The zero-order valence-corrected chi connectivity index (χ0v) is 13.3. The lowest BCUT2D eigenvalue weighted by atomic mass is 9.94. The molecule has 0 bridgehead atoms. The summed E-state index contributed by atoms with van der Waals surface area (Å²) in [5.74, 6) is 0.604. The Balaban J connectivity index is 2.07. The highest BCUT2D eigenvalue weighted by Crippen LogP contribution is 2.23. The van der Waals surface area contributed by atoms with Gasteiger partial charge in [0, 0.05) is 19.9 Å². The Bertz CT molecular complexity index is 509. The lowest BCUT2D eigenvalue weighted by Crippen LogP contribution is -2.43. The summed E-state index contributed by atoms with van der Waals surface area (Å²) in [6.07, 6.45) is 3.85. The lowest BCUT2D eigenvalue weighted by molar-refractivity contribution is -0.135. The second-order valence-corrected chi connectivity index (χ2v) is 5.96. The fourth-order valence-corrected chi connectivity index (χ4v) is 2.69. The summed E-state index contributed by atoms with van der Waals surface area (Å²) in [5.41, 5.74) is 0. The SMILES string of the molecule is CC(C)C1OCCCC1Nc1ccnc(N(C)CC(=O)O)n1. The van der Waals surface area contributed by atoms with Gasteiger partial charge < -0.3 is 20.1 Å². The van der Waals surface area contributed by atoms with Gasteiger partial charge in [0.1, 0.15) is 12.4 Å². The average Bonchev–Trinajstić information content (AvgIpc) is 2.47. The first kappa shape index (κ1) is 16.5.